The van der Waals surface area contributed by atoms with Crippen LogP contribution in [-0.2, 0) is 18.0 Å². The molecule has 3 N–H and O–H groups in total. The molecule has 4 nitrogen and oxygen atoms in total. The van der Waals surface area contributed by atoms with Gasteiger partial charge in [0.25, 0.3) is 5.91 Å². The molecule has 110 valence electrons. The predicted octanol–water partition coefficient (Wildman–Crippen LogP) is 3.42. The first-order valence-corrected chi connectivity index (χ1v) is 7.39. The number of hydrogen-bond donors (Lipinski definition) is 2. The van der Waals surface area contributed by atoms with Gasteiger partial charge in [-0.05, 0) is 29.3 Å². The summed E-state index contributed by atoms with van der Waals surface area (Å²) >= 11 is 9.48. The molecule has 0 spiro atoms. The maximum atomic E-state index is 11.4. The van der Waals surface area contributed by atoms with Crippen LogP contribution in [0.2, 0.25) is 5.02 Å². The van der Waals surface area contributed by atoms with Crippen LogP contribution in [0, 0.1) is 0 Å². The zero-order valence-electron chi connectivity index (χ0n) is 11.1. The first-order chi connectivity index (χ1) is 10.1. The summed E-state index contributed by atoms with van der Waals surface area (Å²) in [6, 6.07) is 12.8. The Balaban J connectivity index is 1.98. The normalized spacial score (nSPS) is 10.4. The monoisotopic (exact) mass is 368 g/mol. The van der Waals surface area contributed by atoms with Gasteiger partial charge in [-0.1, -0.05) is 51.8 Å². The molecule has 0 aromatic heterocycles. The summed E-state index contributed by atoms with van der Waals surface area (Å²) in [6.45, 7) is 0.841. The number of hydrazine groups is 1. The number of hydrogen-bond acceptors (Lipinski definition) is 3. The van der Waals surface area contributed by atoms with E-state index in [1.807, 2.05) is 30.3 Å². The Labute approximate surface area is 136 Å². The molecule has 21 heavy (non-hydrogen) atoms. The van der Waals surface area contributed by atoms with Gasteiger partial charge in [-0.15, -0.1) is 0 Å². The summed E-state index contributed by atoms with van der Waals surface area (Å²) in [5.41, 5.74) is 4.46. The lowest BCUT2D eigenvalue weighted by atomic mass is 10.1. The van der Waals surface area contributed by atoms with Gasteiger partial charge >= 0.3 is 0 Å². The lowest BCUT2D eigenvalue weighted by Gasteiger charge is -2.09. The maximum absolute atomic E-state index is 11.4. The van der Waals surface area contributed by atoms with Gasteiger partial charge in [-0.25, -0.2) is 5.84 Å². The van der Waals surface area contributed by atoms with Crippen LogP contribution in [-0.4, -0.2) is 5.91 Å². The number of nitrogens with two attached hydrogens (primary N) is 1. The second kappa shape index (κ2) is 7.56. The van der Waals surface area contributed by atoms with E-state index < -0.39 is 0 Å². The van der Waals surface area contributed by atoms with Crippen LogP contribution < -0.4 is 11.3 Å². The molecule has 1 amide bonds. The topological polar surface area (TPSA) is 64.3 Å². The van der Waals surface area contributed by atoms with Crippen molar-refractivity contribution in [2.75, 3.05) is 0 Å². The van der Waals surface area contributed by atoms with Crippen molar-refractivity contribution in [1.29, 1.82) is 0 Å². The van der Waals surface area contributed by atoms with Gasteiger partial charge in [-0.2, -0.15) is 0 Å². The van der Waals surface area contributed by atoms with Crippen molar-refractivity contribution >= 4 is 33.4 Å². The number of amides is 1. The number of carbonyl (C=O) groups excluding carboxylic acids is 1. The van der Waals surface area contributed by atoms with Crippen LogP contribution in [0.1, 0.15) is 21.5 Å². The van der Waals surface area contributed by atoms with Gasteiger partial charge in [0.15, 0.2) is 0 Å². The van der Waals surface area contributed by atoms with E-state index in [2.05, 4.69) is 21.4 Å². The average Bonchev–Trinajstić information content (AvgIpc) is 2.50. The zero-order chi connectivity index (χ0) is 15.2. The molecule has 6 heteroatoms. The second-order valence-electron chi connectivity index (χ2n) is 4.36. The summed E-state index contributed by atoms with van der Waals surface area (Å²) in [5, 5.41) is 0.687. The molecule has 0 heterocycles. The highest BCUT2D eigenvalue weighted by molar-refractivity contribution is 9.10. The quantitative estimate of drug-likeness (QED) is 0.482. The van der Waals surface area contributed by atoms with Crippen LogP contribution in [0.3, 0.4) is 0 Å². The highest BCUT2D eigenvalue weighted by atomic mass is 79.9. The van der Waals surface area contributed by atoms with E-state index in [1.54, 1.807) is 12.1 Å². The maximum Gasteiger partial charge on any atom is 0.265 e. The Hall–Kier alpha value is -1.40. The van der Waals surface area contributed by atoms with E-state index in [0.29, 0.717) is 23.8 Å². The number of rotatable bonds is 5. The van der Waals surface area contributed by atoms with Crippen LogP contribution in [0.15, 0.2) is 46.9 Å². The molecule has 2 aromatic rings. The van der Waals surface area contributed by atoms with Crippen molar-refractivity contribution in [3.8, 4) is 0 Å². The van der Waals surface area contributed by atoms with Crippen LogP contribution in [0.5, 0.6) is 0 Å². The molecule has 0 fully saturated rings. The second-order valence-corrected chi connectivity index (χ2v) is 5.63. The average molecular weight is 370 g/mol. The Morgan fingerprint density at radius 1 is 1.19 bits per heavy atom. The molecule has 2 rings (SSSR count). The molecule has 0 unspecified atom stereocenters. The molecular formula is C15H14BrClN2O2. The number of nitrogen functional groups attached to an aromatic ring is 1. The predicted molar refractivity (Wildman–Crippen MR) is 85.7 cm³/mol. The summed E-state index contributed by atoms with van der Waals surface area (Å²) in [4.78, 5) is 11.4. The first kappa shape index (κ1) is 16.0. The van der Waals surface area contributed by atoms with Crippen molar-refractivity contribution < 1.29 is 9.53 Å². The summed E-state index contributed by atoms with van der Waals surface area (Å²) in [7, 11) is 0. The lowest BCUT2D eigenvalue weighted by Crippen LogP contribution is -2.29. The van der Waals surface area contributed by atoms with E-state index >= 15 is 0 Å². The minimum Gasteiger partial charge on any atom is -0.372 e. The van der Waals surface area contributed by atoms with Crippen molar-refractivity contribution in [3.63, 3.8) is 0 Å². The van der Waals surface area contributed by atoms with Crippen molar-refractivity contribution in [1.82, 2.24) is 5.43 Å². The minimum absolute atomic E-state index is 0.334. The molecule has 0 bridgehead atoms. The molecule has 0 aliphatic carbocycles. The smallest absolute Gasteiger partial charge is 0.265 e. The molecule has 0 radical (unpaired) electrons. The van der Waals surface area contributed by atoms with Gasteiger partial charge in [0.1, 0.15) is 0 Å². The van der Waals surface area contributed by atoms with E-state index in [-0.39, 0.29) is 5.91 Å². The first-order valence-electron chi connectivity index (χ1n) is 6.22. The molecule has 0 atom stereocenters. The largest absolute Gasteiger partial charge is 0.372 e. The molecule has 0 saturated carbocycles. The van der Waals surface area contributed by atoms with Gasteiger partial charge < -0.3 is 4.74 Å². The Morgan fingerprint density at radius 2 is 1.90 bits per heavy atom. The van der Waals surface area contributed by atoms with Gasteiger partial charge in [0, 0.05) is 15.1 Å². The third-order valence-corrected chi connectivity index (χ3v) is 4.03. The van der Waals surface area contributed by atoms with Crippen molar-refractivity contribution in [2.45, 2.75) is 13.2 Å². The summed E-state index contributed by atoms with van der Waals surface area (Å²) in [5.74, 6) is 4.76. The van der Waals surface area contributed by atoms with Gasteiger partial charge in [-0.3, -0.25) is 10.2 Å². The third-order valence-electron chi connectivity index (χ3n) is 2.92. The number of benzene rings is 2. The van der Waals surface area contributed by atoms with E-state index in [1.165, 1.54) is 0 Å². The number of ether oxygens (including phenoxy) is 1. The minimum atomic E-state index is -0.334. The molecular weight excluding hydrogens is 356 g/mol. The fourth-order valence-corrected chi connectivity index (χ4v) is 2.46. The Morgan fingerprint density at radius 3 is 2.57 bits per heavy atom. The van der Waals surface area contributed by atoms with Crippen LogP contribution in [0.4, 0.5) is 0 Å². The van der Waals surface area contributed by atoms with E-state index in [0.717, 1.165) is 15.6 Å². The third kappa shape index (κ3) is 4.28. The van der Waals surface area contributed by atoms with E-state index in [9.17, 15) is 4.79 Å². The zero-order valence-corrected chi connectivity index (χ0v) is 13.4. The highest BCUT2D eigenvalue weighted by Gasteiger charge is 2.07. The molecule has 0 aliphatic rings. The van der Waals surface area contributed by atoms with Gasteiger partial charge in [0.2, 0.25) is 0 Å². The van der Waals surface area contributed by atoms with Crippen LogP contribution >= 0.6 is 27.5 Å². The molecule has 2 aromatic carbocycles. The molecule has 0 aliphatic heterocycles. The number of carbonyl (C=O) groups is 1. The summed E-state index contributed by atoms with van der Waals surface area (Å²) in [6.07, 6.45) is 0. The van der Waals surface area contributed by atoms with Crippen LogP contribution in [0.25, 0.3) is 0 Å². The standard InChI is InChI=1S/C15H14BrClN2O2/c16-13-7-10(15(20)19-18)5-6-11(13)8-21-9-12-3-1-2-4-14(12)17/h1-7H,8-9,18H2,(H,19,20). The summed E-state index contributed by atoms with van der Waals surface area (Å²) < 4.78 is 6.45. The van der Waals surface area contributed by atoms with Crippen molar-refractivity contribution in [3.05, 3.63) is 68.7 Å². The van der Waals surface area contributed by atoms with E-state index in [4.69, 9.17) is 22.2 Å². The lowest BCUT2D eigenvalue weighted by molar-refractivity contribution is 0.0952. The fourth-order valence-electron chi connectivity index (χ4n) is 1.78. The fraction of sp³-hybridized carbons (Fsp3) is 0.133. The number of halogens is 2. The highest BCUT2D eigenvalue weighted by Crippen LogP contribution is 2.21. The van der Waals surface area contributed by atoms with Crippen molar-refractivity contribution in [2.24, 2.45) is 5.84 Å². The SMILES string of the molecule is NNC(=O)c1ccc(COCc2ccccc2Cl)c(Br)c1. The Bertz CT molecular complexity index is 649. The van der Waals surface area contributed by atoms with Gasteiger partial charge in [0.05, 0.1) is 13.2 Å². The molecule has 0 saturated heterocycles. The Kier molecular flexibility index (Phi) is 5.76. The number of nitrogens with one attached hydrogen (secondary N) is 1.